The maximum absolute atomic E-state index is 12.3. The van der Waals surface area contributed by atoms with Gasteiger partial charge in [-0.3, -0.25) is 4.79 Å². The largest absolute Gasteiger partial charge is 0.378 e. The van der Waals surface area contributed by atoms with Gasteiger partial charge < -0.3 is 25.0 Å². The Bertz CT molecular complexity index is 659. The van der Waals surface area contributed by atoms with Gasteiger partial charge in [0.2, 0.25) is 5.91 Å². The van der Waals surface area contributed by atoms with E-state index in [0.717, 1.165) is 12.0 Å². The Morgan fingerprint density at radius 2 is 1.86 bits per heavy atom. The van der Waals surface area contributed by atoms with Crippen LogP contribution in [-0.2, 0) is 20.7 Å². The second-order valence-electron chi connectivity index (χ2n) is 7.92. The van der Waals surface area contributed by atoms with Crippen molar-refractivity contribution < 1.29 is 19.1 Å². The molecular formula is C22H33N3O4. The Kier molecular flexibility index (Phi) is 8.31. The summed E-state index contributed by atoms with van der Waals surface area (Å²) in [6, 6.07) is 7.15. The number of nitrogens with one attached hydrogen (secondary N) is 2. The van der Waals surface area contributed by atoms with Crippen LogP contribution in [-0.4, -0.2) is 62.4 Å². The van der Waals surface area contributed by atoms with Gasteiger partial charge in [0.05, 0.1) is 32.3 Å². The number of carbonyl (C=O) groups is 2. The normalized spacial score (nSPS) is 22.2. The molecule has 7 heteroatoms. The van der Waals surface area contributed by atoms with E-state index in [9.17, 15) is 9.59 Å². The quantitative estimate of drug-likeness (QED) is 0.686. The number of ether oxygens (including phenoxy) is 2. The molecule has 2 atom stereocenters. The zero-order valence-electron chi connectivity index (χ0n) is 17.3. The molecule has 2 N–H and O–H groups in total. The summed E-state index contributed by atoms with van der Waals surface area (Å²) >= 11 is 0. The van der Waals surface area contributed by atoms with Gasteiger partial charge in [0.1, 0.15) is 0 Å². The van der Waals surface area contributed by atoms with Gasteiger partial charge in [-0.05, 0) is 36.5 Å². The molecular weight excluding hydrogens is 370 g/mol. The van der Waals surface area contributed by atoms with Crippen molar-refractivity contribution in [3.8, 4) is 0 Å². The number of hydrogen-bond acceptors (Lipinski definition) is 4. The molecule has 2 fully saturated rings. The Hall–Kier alpha value is -2.12. The van der Waals surface area contributed by atoms with Crippen LogP contribution in [0.5, 0.6) is 0 Å². The van der Waals surface area contributed by atoms with Gasteiger partial charge in [-0.15, -0.1) is 0 Å². The monoisotopic (exact) mass is 403 g/mol. The van der Waals surface area contributed by atoms with E-state index < -0.39 is 0 Å². The number of morpholine rings is 1. The lowest BCUT2D eigenvalue weighted by atomic mass is 9.88. The van der Waals surface area contributed by atoms with E-state index in [1.165, 1.54) is 19.3 Å². The first-order valence-corrected chi connectivity index (χ1v) is 10.7. The smallest absolute Gasteiger partial charge is 0.319 e. The van der Waals surface area contributed by atoms with Crippen LogP contribution in [0.15, 0.2) is 24.3 Å². The lowest BCUT2D eigenvalue weighted by Crippen LogP contribution is -2.41. The zero-order valence-corrected chi connectivity index (χ0v) is 17.3. The van der Waals surface area contributed by atoms with Crippen molar-refractivity contribution in [1.82, 2.24) is 10.2 Å². The van der Waals surface area contributed by atoms with Gasteiger partial charge in [0.15, 0.2) is 0 Å². The van der Waals surface area contributed by atoms with Gasteiger partial charge in [-0.25, -0.2) is 4.79 Å². The fraction of sp³-hybridized carbons (Fsp3) is 0.636. The number of nitrogens with zero attached hydrogens (tertiary/aromatic N) is 1. The highest BCUT2D eigenvalue weighted by Gasteiger charge is 2.21. The summed E-state index contributed by atoms with van der Waals surface area (Å²) < 4.78 is 11.2. The van der Waals surface area contributed by atoms with Gasteiger partial charge in [0.25, 0.3) is 0 Å². The van der Waals surface area contributed by atoms with Crippen molar-refractivity contribution >= 4 is 17.6 Å². The maximum Gasteiger partial charge on any atom is 0.319 e. The molecule has 7 nitrogen and oxygen atoms in total. The average Bonchev–Trinajstić information content (AvgIpc) is 2.74. The van der Waals surface area contributed by atoms with Crippen LogP contribution in [0.3, 0.4) is 0 Å². The first kappa shape index (κ1) is 21.6. The molecule has 1 aliphatic heterocycles. The summed E-state index contributed by atoms with van der Waals surface area (Å²) in [4.78, 5) is 26.2. The molecule has 1 aliphatic carbocycles. The molecule has 160 valence electrons. The Morgan fingerprint density at radius 1 is 1.14 bits per heavy atom. The predicted molar refractivity (Wildman–Crippen MR) is 112 cm³/mol. The second-order valence-corrected chi connectivity index (χ2v) is 7.92. The lowest BCUT2D eigenvalue weighted by molar-refractivity contribution is -0.134. The molecule has 1 heterocycles. The van der Waals surface area contributed by atoms with Gasteiger partial charge in [-0.1, -0.05) is 31.9 Å². The molecule has 0 aromatic heterocycles. The van der Waals surface area contributed by atoms with Crippen LogP contribution in [0.1, 0.15) is 38.2 Å². The summed E-state index contributed by atoms with van der Waals surface area (Å²) in [5, 5.41) is 5.64. The fourth-order valence-electron chi connectivity index (χ4n) is 3.89. The summed E-state index contributed by atoms with van der Waals surface area (Å²) in [6.07, 6.45) is 5.56. The first-order chi connectivity index (χ1) is 14.1. The molecule has 1 saturated carbocycles. The topological polar surface area (TPSA) is 79.9 Å². The maximum atomic E-state index is 12.3. The number of urea groups is 1. The Labute approximate surface area is 173 Å². The number of benzene rings is 1. The Morgan fingerprint density at radius 3 is 2.59 bits per heavy atom. The molecule has 29 heavy (non-hydrogen) atoms. The summed E-state index contributed by atoms with van der Waals surface area (Å²) in [5.41, 5.74) is 1.63. The van der Waals surface area contributed by atoms with Gasteiger partial charge >= 0.3 is 6.03 Å². The highest BCUT2D eigenvalue weighted by molar-refractivity contribution is 5.89. The van der Waals surface area contributed by atoms with Crippen molar-refractivity contribution in [3.63, 3.8) is 0 Å². The van der Waals surface area contributed by atoms with E-state index in [1.807, 2.05) is 29.2 Å². The molecule has 3 amide bonds. The number of amides is 3. The van der Waals surface area contributed by atoms with E-state index in [1.54, 1.807) is 0 Å². The van der Waals surface area contributed by atoms with Crippen molar-refractivity contribution in [2.24, 2.45) is 5.92 Å². The van der Waals surface area contributed by atoms with E-state index in [-0.39, 0.29) is 11.9 Å². The average molecular weight is 404 g/mol. The third-order valence-corrected chi connectivity index (χ3v) is 5.68. The molecule has 2 aliphatic rings. The van der Waals surface area contributed by atoms with Crippen LogP contribution in [0.4, 0.5) is 10.5 Å². The van der Waals surface area contributed by atoms with Crippen LogP contribution in [0.2, 0.25) is 0 Å². The SMILES string of the molecule is C[C@H]1CCCC[C@@H]1OCCNC(=O)Nc1ccc(CC(=O)N2CCOCC2)cc1. The van der Waals surface area contributed by atoms with E-state index in [0.29, 0.717) is 63.6 Å². The molecule has 0 radical (unpaired) electrons. The van der Waals surface area contributed by atoms with E-state index in [2.05, 4.69) is 17.6 Å². The lowest BCUT2D eigenvalue weighted by Gasteiger charge is -2.28. The van der Waals surface area contributed by atoms with Crippen LogP contribution in [0.25, 0.3) is 0 Å². The molecule has 1 aromatic carbocycles. The molecule has 0 unspecified atom stereocenters. The molecule has 0 bridgehead atoms. The summed E-state index contributed by atoms with van der Waals surface area (Å²) in [6.45, 7) is 5.78. The van der Waals surface area contributed by atoms with Crippen LogP contribution in [0, 0.1) is 5.92 Å². The van der Waals surface area contributed by atoms with Crippen molar-refractivity contribution in [1.29, 1.82) is 0 Å². The van der Waals surface area contributed by atoms with E-state index in [4.69, 9.17) is 9.47 Å². The number of carbonyl (C=O) groups excluding carboxylic acids is 2. The number of anilines is 1. The minimum atomic E-state index is -0.248. The minimum Gasteiger partial charge on any atom is -0.378 e. The second kappa shape index (κ2) is 11.2. The number of hydrogen-bond donors (Lipinski definition) is 2. The highest BCUT2D eigenvalue weighted by Crippen LogP contribution is 2.25. The van der Waals surface area contributed by atoms with E-state index >= 15 is 0 Å². The molecule has 0 spiro atoms. The third kappa shape index (κ3) is 7.01. The third-order valence-electron chi connectivity index (χ3n) is 5.68. The van der Waals surface area contributed by atoms with Crippen molar-refractivity contribution in [2.75, 3.05) is 44.8 Å². The minimum absolute atomic E-state index is 0.110. The van der Waals surface area contributed by atoms with Crippen molar-refractivity contribution in [2.45, 2.75) is 45.1 Å². The molecule has 1 aromatic rings. The fourth-order valence-corrected chi connectivity index (χ4v) is 3.89. The van der Waals surface area contributed by atoms with Crippen molar-refractivity contribution in [3.05, 3.63) is 29.8 Å². The molecule has 3 rings (SSSR count). The highest BCUT2D eigenvalue weighted by atomic mass is 16.5. The van der Waals surface area contributed by atoms with Gasteiger partial charge in [0, 0.05) is 25.3 Å². The predicted octanol–water partition coefficient (Wildman–Crippen LogP) is 2.80. The summed E-state index contributed by atoms with van der Waals surface area (Å²) in [5.74, 6) is 0.713. The van der Waals surface area contributed by atoms with Crippen LogP contribution < -0.4 is 10.6 Å². The zero-order chi connectivity index (χ0) is 20.5. The first-order valence-electron chi connectivity index (χ1n) is 10.7. The Balaban J connectivity index is 1.34. The van der Waals surface area contributed by atoms with Gasteiger partial charge in [-0.2, -0.15) is 0 Å². The standard InChI is InChI=1S/C22H33N3O4/c1-17-4-2-3-5-20(17)29-13-10-23-22(27)24-19-8-6-18(7-9-19)16-21(26)25-11-14-28-15-12-25/h6-9,17,20H,2-5,10-16H2,1H3,(H2,23,24,27)/t17-,20-/m0/s1. The molecule has 1 saturated heterocycles. The number of rotatable bonds is 7. The van der Waals surface area contributed by atoms with Crippen LogP contribution >= 0.6 is 0 Å². The summed E-state index contributed by atoms with van der Waals surface area (Å²) in [7, 11) is 0.